The van der Waals surface area contributed by atoms with E-state index in [9.17, 15) is 5.11 Å². The highest BCUT2D eigenvalue weighted by Gasteiger charge is 2.17. The maximum Gasteiger partial charge on any atom is 0.0900 e. The van der Waals surface area contributed by atoms with Crippen LogP contribution in [0.25, 0.3) is 0 Å². The highest BCUT2D eigenvalue weighted by Crippen LogP contribution is 2.17. The molecule has 0 radical (unpaired) electrons. The van der Waals surface area contributed by atoms with Crippen LogP contribution in [-0.2, 0) is 16.0 Å². The fourth-order valence-corrected chi connectivity index (χ4v) is 2.88. The van der Waals surface area contributed by atoms with Gasteiger partial charge in [0.2, 0.25) is 0 Å². The van der Waals surface area contributed by atoms with Crippen LogP contribution >= 0.6 is 11.3 Å². The average Bonchev–Trinajstić information content (AvgIpc) is 2.78. The van der Waals surface area contributed by atoms with Crippen molar-refractivity contribution in [3.05, 3.63) is 21.9 Å². The maximum atomic E-state index is 10.2. The molecule has 5 heteroatoms. The van der Waals surface area contributed by atoms with Gasteiger partial charge in [-0.1, -0.05) is 0 Å². The lowest BCUT2D eigenvalue weighted by Crippen LogP contribution is -2.38. The Morgan fingerprint density at radius 3 is 2.57 bits per heavy atom. The van der Waals surface area contributed by atoms with Gasteiger partial charge in [0.15, 0.2) is 0 Å². The molecule has 1 N–H and O–H groups in total. The van der Waals surface area contributed by atoms with E-state index < -0.39 is 6.10 Å². The molecule has 1 heterocycles. The monoisotopic (exact) mass is 315 g/mol. The number of rotatable bonds is 9. The van der Waals surface area contributed by atoms with Crippen molar-refractivity contribution in [3.8, 4) is 0 Å². The molecule has 1 aromatic heterocycles. The van der Waals surface area contributed by atoms with Crippen LogP contribution in [0.1, 0.15) is 30.5 Å². The molecule has 0 aliphatic heterocycles. The fraction of sp³-hybridized carbons (Fsp3) is 0.750. The number of aliphatic hydroxyl groups is 1. The number of hydrogen-bond acceptors (Lipinski definition) is 5. The summed E-state index contributed by atoms with van der Waals surface area (Å²) in [6, 6.07) is 4.28. The zero-order valence-corrected chi connectivity index (χ0v) is 14.7. The van der Waals surface area contributed by atoms with Crippen molar-refractivity contribution in [2.75, 3.05) is 33.4 Å². The van der Waals surface area contributed by atoms with Gasteiger partial charge in [-0.05, 0) is 39.8 Å². The zero-order valence-electron chi connectivity index (χ0n) is 13.9. The van der Waals surface area contributed by atoms with Gasteiger partial charge < -0.3 is 14.6 Å². The van der Waals surface area contributed by atoms with E-state index in [-0.39, 0.29) is 5.60 Å². The molecule has 1 rings (SSSR count). The number of hydrogen-bond donors (Lipinski definition) is 1. The van der Waals surface area contributed by atoms with Gasteiger partial charge in [-0.15, -0.1) is 11.3 Å². The van der Waals surface area contributed by atoms with E-state index >= 15 is 0 Å². The van der Waals surface area contributed by atoms with Gasteiger partial charge in [-0.3, -0.25) is 4.90 Å². The SMILES string of the molecule is COCCN(Cc1ccc(C)s1)CC(O)COC(C)(C)C. The molecule has 4 nitrogen and oxygen atoms in total. The molecule has 122 valence electrons. The van der Waals surface area contributed by atoms with Crippen LogP contribution in [-0.4, -0.2) is 55.1 Å². The maximum absolute atomic E-state index is 10.2. The molecule has 0 spiro atoms. The Labute approximate surface area is 132 Å². The van der Waals surface area contributed by atoms with Gasteiger partial charge in [0.1, 0.15) is 0 Å². The third kappa shape index (κ3) is 8.53. The van der Waals surface area contributed by atoms with E-state index in [1.54, 1.807) is 18.4 Å². The van der Waals surface area contributed by atoms with Crippen LogP contribution in [0.5, 0.6) is 0 Å². The summed E-state index contributed by atoms with van der Waals surface area (Å²) in [5.41, 5.74) is -0.219. The van der Waals surface area contributed by atoms with Crippen molar-refractivity contribution < 1.29 is 14.6 Å². The van der Waals surface area contributed by atoms with Gasteiger partial charge in [-0.2, -0.15) is 0 Å². The molecule has 21 heavy (non-hydrogen) atoms. The molecule has 0 saturated carbocycles. The Kier molecular flexibility index (Phi) is 7.84. The molecule has 0 bridgehead atoms. The minimum Gasteiger partial charge on any atom is -0.389 e. The molecule has 0 fully saturated rings. The summed E-state index contributed by atoms with van der Waals surface area (Å²) >= 11 is 1.80. The first-order chi connectivity index (χ1) is 9.80. The van der Waals surface area contributed by atoms with Crippen molar-refractivity contribution in [2.24, 2.45) is 0 Å². The number of methoxy groups -OCH3 is 1. The number of ether oxygens (including phenoxy) is 2. The lowest BCUT2D eigenvalue weighted by Gasteiger charge is -2.27. The average molecular weight is 315 g/mol. The molecular weight excluding hydrogens is 286 g/mol. The summed E-state index contributed by atoms with van der Waals surface area (Å²) in [6.07, 6.45) is -0.484. The number of nitrogens with zero attached hydrogens (tertiary/aromatic N) is 1. The summed E-state index contributed by atoms with van der Waals surface area (Å²) in [5.74, 6) is 0. The Morgan fingerprint density at radius 2 is 2.05 bits per heavy atom. The molecular formula is C16H29NO3S. The second-order valence-corrected chi connectivity index (χ2v) is 7.69. The summed E-state index contributed by atoms with van der Waals surface area (Å²) in [4.78, 5) is 4.84. The molecule has 0 aromatic carbocycles. The zero-order chi connectivity index (χ0) is 15.9. The van der Waals surface area contributed by atoms with Crippen LogP contribution in [0, 0.1) is 6.92 Å². The first kappa shape index (κ1) is 18.6. The van der Waals surface area contributed by atoms with E-state index in [1.807, 2.05) is 20.8 Å². The largest absolute Gasteiger partial charge is 0.389 e. The van der Waals surface area contributed by atoms with E-state index in [2.05, 4.69) is 24.0 Å². The second-order valence-electron chi connectivity index (χ2n) is 6.32. The summed E-state index contributed by atoms with van der Waals surface area (Å²) in [5, 5.41) is 10.2. The Bertz CT molecular complexity index is 400. The number of aryl methyl sites for hydroxylation is 1. The lowest BCUT2D eigenvalue weighted by atomic mass is 10.2. The molecule has 0 amide bonds. The third-order valence-electron chi connectivity index (χ3n) is 2.96. The molecule has 0 saturated heterocycles. The van der Waals surface area contributed by atoms with Crippen LogP contribution in [0.15, 0.2) is 12.1 Å². The Morgan fingerprint density at radius 1 is 1.33 bits per heavy atom. The number of thiophene rings is 1. The molecule has 1 atom stereocenters. The summed E-state index contributed by atoms with van der Waals surface area (Å²) in [7, 11) is 1.70. The lowest BCUT2D eigenvalue weighted by molar-refractivity contribution is -0.0576. The van der Waals surface area contributed by atoms with Crippen LogP contribution in [0.3, 0.4) is 0 Å². The van der Waals surface area contributed by atoms with Crippen LogP contribution in [0.4, 0.5) is 0 Å². The van der Waals surface area contributed by atoms with Gasteiger partial charge in [0.05, 0.1) is 24.9 Å². The fourth-order valence-electron chi connectivity index (χ4n) is 1.94. The normalized spacial score (nSPS) is 13.9. The van der Waals surface area contributed by atoms with E-state index in [0.717, 1.165) is 13.1 Å². The van der Waals surface area contributed by atoms with Crippen molar-refractivity contribution in [3.63, 3.8) is 0 Å². The Hall–Kier alpha value is -0.460. The van der Waals surface area contributed by atoms with Crippen molar-refractivity contribution >= 4 is 11.3 Å². The van der Waals surface area contributed by atoms with E-state index in [0.29, 0.717) is 19.8 Å². The highest BCUT2D eigenvalue weighted by molar-refractivity contribution is 7.11. The van der Waals surface area contributed by atoms with Gasteiger partial charge in [-0.25, -0.2) is 0 Å². The smallest absolute Gasteiger partial charge is 0.0900 e. The Balaban J connectivity index is 2.48. The summed E-state index contributed by atoms with van der Waals surface area (Å²) < 4.78 is 10.8. The molecule has 0 aliphatic rings. The topological polar surface area (TPSA) is 41.9 Å². The van der Waals surface area contributed by atoms with Gasteiger partial charge in [0.25, 0.3) is 0 Å². The first-order valence-corrected chi connectivity index (χ1v) is 8.20. The molecule has 1 unspecified atom stereocenters. The first-order valence-electron chi connectivity index (χ1n) is 7.39. The minimum atomic E-state index is -0.484. The third-order valence-corrected chi connectivity index (χ3v) is 3.95. The number of aliphatic hydroxyl groups excluding tert-OH is 1. The van der Waals surface area contributed by atoms with Gasteiger partial charge >= 0.3 is 0 Å². The van der Waals surface area contributed by atoms with Crippen molar-refractivity contribution in [2.45, 2.75) is 45.9 Å². The van der Waals surface area contributed by atoms with Crippen LogP contribution in [0.2, 0.25) is 0 Å². The highest BCUT2D eigenvalue weighted by atomic mass is 32.1. The second kappa shape index (κ2) is 8.86. The molecule has 1 aromatic rings. The van der Waals surface area contributed by atoms with Crippen molar-refractivity contribution in [1.29, 1.82) is 0 Å². The predicted molar refractivity (Wildman–Crippen MR) is 87.9 cm³/mol. The van der Waals surface area contributed by atoms with Crippen molar-refractivity contribution in [1.82, 2.24) is 4.90 Å². The minimum absolute atomic E-state index is 0.219. The van der Waals surface area contributed by atoms with E-state index in [4.69, 9.17) is 9.47 Å². The quantitative estimate of drug-likeness (QED) is 0.761. The standard InChI is InChI=1S/C16H29NO3S/c1-13-6-7-15(21-13)11-17(8-9-19-5)10-14(18)12-20-16(2,3)4/h6-7,14,18H,8-12H2,1-5H3. The van der Waals surface area contributed by atoms with E-state index in [1.165, 1.54) is 9.75 Å². The summed E-state index contributed by atoms with van der Waals surface area (Å²) in [6.45, 7) is 11.4. The predicted octanol–water partition coefficient (Wildman–Crippen LogP) is 2.68. The van der Waals surface area contributed by atoms with Gasteiger partial charge in [0, 0.05) is 36.5 Å². The van der Waals surface area contributed by atoms with Crippen LogP contribution < -0.4 is 0 Å². The molecule has 0 aliphatic carbocycles.